The van der Waals surface area contributed by atoms with Crippen molar-refractivity contribution in [1.29, 1.82) is 0 Å². The van der Waals surface area contributed by atoms with Crippen LogP contribution in [0.1, 0.15) is 11.1 Å². The van der Waals surface area contributed by atoms with Crippen LogP contribution < -0.4 is 15.0 Å². The second-order valence-electron chi connectivity index (χ2n) is 8.51. The highest BCUT2D eigenvalue weighted by atomic mass is 35.5. The summed E-state index contributed by atoms with van der Waals surface area (Å²) < 4.78 is 32.9. The van der Waals surface area contributed by atoms with Crippen LogP contribution in [0.2, 0.25) is 5.02 Å². The summed E-state index contributed by atoms with van der Waals surface area (Å²) in [5, 5.41) is 3.32. The number of nitrogens with one attached hydrogen (secondary N) is 1. The molecule has 182 valence electrons. The van der Waals surface area contributed by atoms with E-state index in [9.17, 15) is 18.0 Å². The Kier molecular flexibility index (Phi) is 6.75. The summed E-state index contributed by atoms with van der Waals surface area (Å²) >= 11 is 6.14. The molecule has 4 rings (SSSR count). The molecule has 1 N–H and O–H groups in total. The Morgan fingerprint density at radius 1 is 1.12 bits per heavy atom. The molecule has 2 heterocycles. The highest BCUT2D eigenvalue weighted by molar-refractivity contribution is 7.89. The van der Waals surface area contributed by atoms with Gasteiger partial charge in [-0.2, -0.15) is 4.31 Å². The number of fused-ring (bicyclic) bond motifs is 1. The molecule has 9 nitrogen and oxygen atoms in total. The molecule has 34 heavy (non-hydrogen) atoms. The molecule has 2 aliphatic heterocycles. The average molecular weight is 507 g/mol. The number of amides is 2. The van der Waals surface area contributed by atoms with Crippen LogP contribution in [0.15, 0.2) is 35.2 Å². The zero-order valence-corrected chi connectivity index (χ0v) is 20.9. The van der Waals surface area contributed by atoms with E-state index < -0.39 is 10.0 Å². The Hall–Kier alpha value is -2.82. The molecule has 0 spiro atoms. The van der Waals surface area contributed by atoms with Crippen LogP contribution in [0.25, 0.3) is 0 Å². The third-order valence-corrected chi connectivity index (χ3v) is 8.28. The van der Waals surface area contributed by atoms with Crippen molar-refractivity contribution in [2.45, 2.75) is 18.7 Å². The van der Waals surface area contributed by atoms with Crippen molar-refractivity contribution in [3.8, 4) is 5.75 Å². The average Bonchev–Trinajstić information content (AvgIpc) is 2.80. The lowest BCUT2D eigenvalue weighted by atomic mass is 10.1. The molecule has 1 fully saturated rings. The summed E-state index contributed by atoms with van der Waals surface area (Å²) in [6, 6.07) is 8.70. The fourth-order valence-electron chi connectivity index (χ4n) is 4.16. The van der Waals surface area contributed by atoms with E-state index in [1.54, 1.807) is 17.9 Å². The van der Waals surface area contributed by atoms with Gasteiger partial charge in [0.25, 0.3) is 5.91 Å². The Balaban J connectivity index is 1.42. The maximum absolute atomic E-state index is 13.2. The smallest absolute Gasteiger partial charge is 0.262 e. The van der Waals surface area contributed by atoms with Crippen molar-refractivity contribution >= 4 is 44.8 Å². The van der Waals surface area contributed by atoms with Crippen molar-refractivity contribution in [3.63, 3.8) is 0 Å². The van der Waals surface area contributed by atoms with Crippen LogP contribution >= 0.6 is 11.6 Å². The number of hydrogen-bond donors (Lipinski definition) is 1. The number of halogens is 1. The van der Waals surface area contributed by atoms with Gasteiger partial charge in [-0.3, -0.25) is 9.59 Å². The Morgan fingerprint density at radius 2 is 1.82 bits per heavy atom. The first kappa shape index (κ1) is 24.3. The van der Waals surface area contributed by atoms with Gasteiger partial charge in [-0.05, 0) is 43.2 Å². The van der Waals surface area contributed by atoms with Crippen molar-refractivity contribution in [2.24, 2.45) is 0 Å². The van der Waals surface area contributed by atoms with E-state index in [-0.39, 0.29) is 35.6 Å². The molecule has 11 heteroatoms. The number of benzene rings is 2. The maximum Gasteiger partial charge on any atom is 0.262 e. The highest BCUT2D eigenvalue weighted by Crippen LogP contribution is 2.34. The van der Waals surface area contributed by atoms with E-state index >= 15 is 0 Å². The van der Waals surface area contributed by atoms with Gasteiger partial charge in [0.1, 0.15) is 5.75 Å². The van der Waals surface area contributed by atoms with Crippen molar-refractivity contribution in [2.75, 3.05) is 56.6 Å². The third-order valence-electron chi connectivity index (χ3n) is 6.10. The van der Waals surface area contributed by atoms with Gasteiger partial charge in [-0.1, -0.05) is 17.7 Å². The molecule has 2 aromatic carbocycles. The Labute approximate surface area is 204 Å². The molecule has 0 radical (unpaired) electrons. The Bertz CT molecular complexity index is 1240. The number of rotatable bonds is 5. The minimum atomic E-state index is -3.95. The monoisotopic (exact) mass is 506 g/mol. The topological polar surface area (TPSA) is 99.3 Å². The molecule has 1 saturated heterocycles. The van der Waals surface area contributed by atoms with Crippen LogP contribution in [-0.2, 0) is 19.6 Å². The number of piperazine rings is 1. The zero-order chi connectivity index (χ0) is 24.6. The van der Waals surface area contributed by atoms with Gasteiger partial charge in [-0.25, -0.2) is 8.42 Å². The molecule has 0 unspecified atom stereocenters. The molecule has 0 bridgehead atoms. The lowest BCUT2D eigenvalue weighted by molar-refractivity contribution is -0.131. The number of carbonyl (C=O) groups is 2. The quantitative estimate of drug-likeness (QED) is 0.668. The second kappa shape index (κ2) is 9.44. The number of nitrogens with zero attached hydrogens (tertiary/aromatic N) is 3. The summed E-state index contributed by atoms with van der Waals surface area (Å²) in [5.41, 5.74) is 3.04. The number of likely N-dealkylation sites (N-methyl/N-ethyl adjacent to an activating group) is 1. The molecule has 0 atom stereocenters. The number of aryl methyl sites for hydroxylation is 2. The number of sulfonamides is 1. The minimum Gasteiger partial charge on any atom is -0.482 e. The summed E-state index contributed by atoms with van der Waals surface area (Å²) in [6.45, 7) is 5.46. The normalized spacial score (nSPS) is 16.2. The lowest BCUT2D eigenvalue weighted by Crippen LogP contribution is -2.51. The fraction of sp³-hybridized carbons (Fsp3) is 0.391. The van der Waals surface area contributed by atoms with Gasteiger partial charge < -0.3 is 19.9 Å². The number of carbonyl (C=O) groups excluding carboxylic acids is 2. The molecule has 2 aromatic rings. The van der Waals surface area contributed by atoms with Crippen LogP contribution in [0.4, 0.5) is 11.4 Å². The maximum atomic E-state index is 13.2. The first-order valence-corrected chi connectivity index (χ1v) is 12.7. The first-order valence-electron chi connectivity index (χ1n) is 10.9. The fourth-order valence-corrected chi connectivity index (χ4v) is 5.66. The molecule has 0 aliphatic carbocycles. The van der Waals surface area contributed by atoms with E-state index in [0.717, 1.165) is 15.6 Å². The van der Waals surface area contributed by atoms with Gasteiger partial charge in [0.2, 0.25) is 15.9 Å². The number of anilines is 2. The Morgan fingerprint density at radius 3 is 2.53 bits per heavy atom. The van der Waals surface area contributed by atoms with Crippen LogP contribution in [0.3, 0.4) is 0 Å². The molecular formula is C23H27ClN4O5S. The van der Waals surface area contributed by atoms with Crippen LogP contribution in [-0.4, -0.2) is 75.8 Å². The van der Waals surface area contributed by atoms with Crippen LogP contribution in [0, 0.1) is 13.8 Å². The largest absolute Gasteiger partial charge is 0.482 e. The molecule has 2 amide bonds. The van der Waals surface area contributed by atoms with Gasteiger partial charge in [0, 0.05) is 50.0 Å². The van der Waals surface area contributed by atoms with Crippen molar-refractivity contribution in [1.82, 2.24) is 9.21 Å². The van der Waals surface area contributed by atoms with Crippen molar-refractivity contribution < 1.29 is 22.7 Å². The van der Waals surface area contributed by atoms with E-state index in [2.05, 4.69) is 10.2 Å². The van der Waals surface area contributed by atoms with E-state index in [1.165, 1.54) is 13.1 Å². The molecule has 0 saturated carbocycles. The SMILES string of the molecule is Cc1ccc(Cl)cc1N1CCN(C(=O)CN(C)S(=O)(=O)c2cc3c(cc2C)NC(=O)CO3)CC1. The van der Waals surface area contributed by atoms with E-state index in [4.69, 9.17) is 16.3 Å². The van der Waals surface area contributed by atoms with Gasteiger partial charge in [-0.15, -0.1) is 0 Å². The third kappa shape index (κ3) is 4.84. The van der Waals surface area contributed by atoms with Gasteiger partial charge >= 0.3 is 0 Å². The summed E-state index contributed by atoms with van der Waals surface area (Å²) in [5.74, 6) is -0.264. The van der Waals surface area contributed by atoms with Gasteiger partial charge in [0.05, 0.1) is 17.1 Å². The first-order chi connectivity index (χ1) is 16.1. The minimum absolute atomic E-state index is 0.0407. The predicted molar refractivity (Wildman–Crippen MR) is 130 cm³/mol. The highest BCUT2D eigenvalue weighted by Gasteiger charge is 2.30. The molecule has 0 aromatic heterocycles. The van der Waals surface area contributed by atoms with Crippen molar-refractivity contribution in [3.05, 3.63) is 46.5 Å². The number of ether oxygens (including phenoxy) is 1. The molecule has 2 aliphatic rings. The summed E-state index contributed by atoms with van der Waals surface area (Å²) in [6.07, 6.45) is 0. The van der Waals surface area contributed by atoms with Crippen LogP contribution in [0.5, 0.6) is 5.75 Å². The van der Waals surface area contributed by atoms with E-state index in [0.29, 0.717) is 42.5 Å². The summed E-state index contributed by atoms with van der Waals surface area (Å²) in [7, 11) is -2.56. The second-order valence-corrected chi connectivity index (χ2v) is 11.0. The lowest BCUT2D eigenvalue weighted by Gasteiger charge is -2.37. The van der Waals surface area contributed by atoms with E-state index in [1.807, 2.05) is 25.1 Å². The predicted octanol–water partition coefficient (Wildman–Crippen LogP) is 2.26. The standard InChI is InChI=1S/C23H27ClN4O5S/c1-15-4-5-17(24)11-19(15)27-6-8-28(9-7-27)23(30)13-26(3)34(31,32)21-12-20-18(10-16(21)2)25-22(29)14-33-20/h4-5,10-12H,6-9,13-14H2,1-3H3,(H,25,29). The summed E-state index contributed by atoms with van der Waals surface area (Å²) in [4.78, 5) is 28.3. The zero-order valence-electron chi connectivity index (χ0n) is 19.3. The molecular weight excluding hydrogens is 480 g/mol. The van der Waals surface area contributed by atoms with Gasteiger partial charge in [0.15, 0.2) is 6.61 Å². The number of hydrogen-bond acceptors (Lipinski definition) is 6.